The van der Waals surface area contributed by atoms with Crippen LogP contribution in [0.1, 0.15) is 79.8 Å². The van der Waals surface area contributed by atoms with Gasteiger partial charge in [-0.15, -0.1) is 0 Å². The highest BCUT2D eigenvalue weighted by atomic mass is 16.6. The monoisotopic (exact) mass is 880 g/mol. The number of aliphatic hydroxyl groups excluding tert-OH is 2. The molecule has 11 atom stereocenters. The molecule has 2 aliphatic heterocycles. The van der Waals surface area contributed by atoms with Gasteiger partial charge in [0.15, 0.2) is 23.6 Å². The number of carbonyl (C=O) groups excluding carboxylic acids is 6. The predicted octanol–water partition coefficient (Wildman–Crippen LogP) is 3.62. The molecule has 0 aromatic heterocycles. The van der Waals surface area contributed by atoms with E-state index in [9.17, 15) is 39.3 Å². The molecule has 5 aliphatic rings. The van der Waals surface area contributed by atoms with Crippen LogP contribution in [0.5, 0.6) is 0 Å². The van der Waals surface area contributed by atoms with E-state index >= 15 is 4.79 Å². The zero-order valence-corrected chi connectivity index (χ0v) is 36.1. The fraction of sp³-hybridized carbons (Fsp3) is 0.458. The second-order valence-corrected chi connectivity index (χ2v) is 18.1. The van der Waals surface area contributed by atoms with Crippen LogP contribution in [0.25, 0.3) is 0 Å². The molecule has 8 rings (SSSR count). The highest BCUT2D eigenvalue weighted by molar-refractivity contribution is 5.96. The molecule has 0 radical (unpaired) electrons. The van der Waals surface area contributed by atoms with Crippen LogP contribution in [0.4, 0.5) is 4.79 Å². The predicted molar refractivity (Wildman–Crippen MR) is 224 cm³/mol. The van der Waals surface area contributed by atoms with Gasteiger partial charge in [0, 0.05) is 43.8 Å². The Morgan fingerprint density at radius 3 is 2.02 bits per heavy atom. The fourth-order valence-electron chi connectivity index (χ4n) is 10.4. The van der Waals surface area contributed by atoms with Crippen LogP contribution in [0, 0.1) is 16.7 Å². The van der Waals surface area contributed by atoms with E-state index in [2.05, 4.69) is 5.32 Å². The smallest absolute Gasteiger partial charge is 0.410 e. The zero-order valence-electron chi connectivity index (χ0n) is 36.1. The number of esters is 3. The number of nitrogens with one attached hydrogen (secondary N) is 1. The topological polar surface area (TPSA) is 224 Å². The van der Waals surface area contributed by atoms with E-state index in [1.807, 2.05) is 0 Å². The molecule has 3 aromatic rings. The first-order valence-electron chi connectivity index (χ1n) is 21.3. The number of ketones is 1. The maximum Gasteiger partial charge on any atom is 0.410 e. The van der Waals surface area contributed by atoms with E-state index in [0.717, 1.165) is 6.92 Å². The second-order valence-electron chi connectivity index (χ2n) is 18.1. The summed E-state index contributed by atoms with van der Waals surface area (Å²) in [7, 11) is 0. The number of ether oxygens (including phenoxy) is 5. The summed E-state index contributed by atoms with van der Waals surface area (Å²) in [5.41, 5.74) is -7.05. The number of hydrogen-bond acceptors (Lipinski definition) is 14. The SMILES string of the molecule is CC(=O)O[C@H]1C(=O)[C@@]2(C)[C@H]([C@H](OC(=O)c3ccccc3)[C@]3(O)C[C@H](OC(=O)[C@H](O)[C@@H](NC(=O)c4ccccc4)c4ccccc4)C(C)=C1C3(C)C)[C@]1(OC(=O)N3CC3)CO[C@@H]1C[C@@H]2O. The molecule has 2 saturated carbocycles. The van der Waals surface area contributed by atoms with Gasteiger partial charge in [-0.2, -0.15) is 0 Å². The van der Waals surface area contributed by atoms with Crippen molar-refractivity contribution in [1.82, 2.24) is 10.2 Å². The Hall–Kier alpha value is -5.94. The van der Waals surface area contributed by atoms with E-state index in [1.54, 1.807) is 92.7 Å². The van der Waals surface area contributed by atoms with Crippen molar-refractivity contribution in [3.63, 3.8) is 0 Å². The second kappa shape index (κ2) is 16.6. The Bertz CT molecular complexity index is 2370. The minimum atomic E-state index is -2.40. The van der Waals surface area contributed by atoms with Crippen molar-refractivity contribution >= 4 is 35.7 Å². The Morgan fingerprint density at radius 1 is 0.859 bits per heavy atom. The third-order valence-electron chi connectivity index (χ3n) is 14.1. The van der Waals surface area contributed by atoms with Gasteiger partial charge in [-0.05, 0) is 54.8 Å². The number of hydrogen-bond donors (Lipinski definition) is 4. The summed E-state index contributed by atoms with van der Waals surface area (Å²) < 4.78 is 30.7. The lowest BCUT2D eigenvalue weighted by Crippen LogP contribution is -2.82. The van der Waals surface area contributed by atoms with Crippen LogP contribution in [-0.2, 0) is 38.1 Å². The lowest BCUT2D eigenvalue weighted by molar-refractivity contribution is -0.342. The summed E-state index contributed by atoms with van der Waals surface area (Å²) in [5.74, 6) is -6.05. The summed E-state index contributed by atoms with van der Waals surface area (Å²) in [4.78, 5) is 86.0. The summed E-state index contributed by atoms with van der Waals surface area (Å²) in [6.07, 6.45) is -11.3. The molecule has 2 amide bonds. The number of rotatable bonds is 10. The van der Waals surface area contributed by atoms with E-state index in [0.29, 0.717) is 18.7 Å². The van der Waals surface area contributed by atoms with Crippen molar-refractivity contribution in [1.29, 1.82) is 0 Å². The van der Waals surface area contributed by atoms with Gasteiger partial charge in [-0.1, -0.05) is 80.6 Å². The molecule has 16 nitrogen and oxygen atoms in total. The van der Waals surface area contributed by atoms with Crippen molar-refractivity contribution in [2.45, 2.75) is 101 Å². The minimum absolute atomic E-state index is 0.000448. The lowest BCUT2D eigenvalue weighted by atomic mass is 9.44. The molecular weight excluding hydrogens is 829 g/mol. The first-order valence-corrected chi connectivity index (χ1v) is 21.3. The van der Waals surface area contributed by atoms with Gasteiger partial charge in [0.25, 0.3) is 5.91 Å². The average Bonchev–Trinajstić information content (AvgIpc) is 4.13. The molecule has 0 unspecified atom stereocenters. The van der Waals surface area contributed by atoms with E-state index in [1.165, 1.54) is 30.9 Å². The van der Waals surface area contributed by atoms with Crippen LogP contribution in [-0.4, -0.2) is 123 Å². The Kier molecular flexibility index (Phi) is 11.6. The minimum Gasteiger partial charge on any atom is -0.456 e. The lowest BCUT2D eigenvalue weighted by Gasteiger charge is -2.67. The number of benzene rings is 3. The summed E-state index contributed by atoms with van der Waals surface area (Å²) in [5, 5.41) is 40.5. The summed E-state index contributed by atoms with van der Waals surface area (Å²) in [6.45, 7) is 7.67. The van der Waals surface area contributed by atoms with E-state index < -0.39 is 113 Å². The number of nitrogens with zero attached hydrogens (tertiary/aromatic N) is 1. The van der Waals surface area contributed by atoms with Gasteiger partial charge in [-0.3, -0.25) is 14.4 Å². The molecule has 338 valence electrons. The molecule has 3 aromatic carbocycles. The third kappa shape index (κ3) is 7.35. The van der Waals surface area contributed by atoms with Gasteiger partial charge in [0.2, 0.25) is 0 Å². The van der Waals surface area contributed by atoms with Gasteiger partial charge >= 0.3 is 24.0 Å². The van der Waals surface area contributed by atoms with Gasteiger partial charge in [-0.25, -0.2) is 14.4 Å². The first kappa shape index (κ1) is 44.7. The Balaban J connectivity index is 1.27. The van der Waals surface area contributed by atoms with E-state index in [4.69, 9.17) is 23.7 Å². The number of Topliss-reactive ketones (excluding diaryl/α,β-unsaturated/α-hetero) is 1. The number of carbonyl (C=O) groups is 6. The van der Waals surface area contributed by atoms with Crippen molar-refractivity contribution in [3.05, 3.63) is 119 Å². The molecule has 0 spiro atoms. The van der Waals surface area contributed by atoms with Crippen LogP contribution >= 0.6 is 0 Å². The maximum absolute atomic E-state index is 15.6. The highest BCUT2D eigenvalue weighted by Gasteiger charge is 2.78. The Morgan fingerprint density at radius 2 is 1.45 bits per heavy atom. The van der Waals surface area contributed by atoms with Crippen LogP contribution in [0.2, 0.25) is 0 Å². The molecule has 4 fully saturated rings. The van der Waals surface area contributed by atoms with Crippen molar-refractivity contribution in [2.24, 2.45) is 16.7 Å². The zero-order chi connectivity index (χ0) is 45.9. The summed E-state index contributed by atoms with van der Waals surface area (Å²) >= 11 is 0. The van der Waals surface area contributed by atoms with Gasteiger partial charge in [0.1, 0.15) is 23.9 Å². The molecule has 2 bridgehead atoms. The molecule has 64 heavy (non-hydrogen) atoms. The molecule has 2 saturated heterocycles. The van der Waals surface area contributed by atoms with Crippen molar-refractivity contribution in [3.8, 4) is 0 Å². The normalized spacial score (nSPS) is 32.1. The van der Waals surface area contributed by atoms with Crippen LogP contribution in [0.3, 0.4) is 0 Å². The number of aliphatic hydroxyl groups is 3. The average molecular weight is 881 g/mol. The number of fused-ring (bicyclic) bond motifs is 5. The molecule has 2 heterocycles. The molecule has 3 aliphatic carbocycles. The Labute approximate surface area is 369 Å². The molecule has 16 heteroatoms. The van der Waals surface area contributed by atoms with E-state index in [-0.39, 0.29) is 35.3 Å². The van der Waals surface area contributed by atoms with Gasteiger partial charge < -0.3 is 49.2 Å². The third-order valence-corrected chi connectivity index (χ3v) is 14.1. The quantitative estimate of drug-likeness (QED) is 0.0989. The standard InChI is InChI=1S/C48H52N2O14/c1-26-31(62-43(57)36(53)35(28-15-9-6-10-16-28)49-41(55)29-17-11-7-12-18-29)24-48(59)40(63-42(56)30-19-13-8-14-20-30)38-46(5,39(54)37(61-27(2)51)34(26)45(48,3)4)32(52)23-33-47(38,25-60-33)64-44(58)50-21-22-50/h6-20,31-33,35-38,40,52-53,59H,21-25H2,1-5H3,(H,49,55)/t31-,32-,33+,35-,36+,37+,38-,40-,46+,47-,48+/m0/s1. The molecular formula is C48H52N2O14. The maximum atomic E-state index is 15.6. The van der Waals surface area contributed by atoms with Crippen molar-refractivity contribution < 1.29 is 67.8 Å². The molecule has 4 N–H and O–H groups in total. The van der Waals surface area contributed by atoms with Crippen molar-refractivity contribution in [2.75, 3.05) is 19.7 Å². The highest BCUT2D eigenvalue weighted by Crippen LogP contribution is 2.64. The first-order chi connectivity index (χ1) is 30.3. The van der Waals surface area contributed by atoms with Crippen LogP contribution < -0.4 is 5.32 Å². The van der Waals surface area contributed by atoms with Crippen LogP contribution in [0.15, 0.2) is 102 Å². The fourth-order valence-corrected chi connectivity index (χ4v) is 10.4. The largest absolute Gasteiger partial charge is 0.456 e. The summed E-state index contributed by atoms with van der Waals surface area (Å²) in [6, 6.07) is 23.0. The van der Waals surface area contributed by atoms with Gasteiger partial charge in [0.05, 0.1) is 35.6 Å². The number of amides is 2.